The summed E-state index contributed by atoms with van der Waals surface area (Å²) >= 11 is 0. The standard InChI is InChI=1S/C8H8FNO4S/c1-2-15(13,14)6-3-4-7(9)8(5-6)10(11)12/h3-5H,2H2,1H3. The molecule has 0 radical (unpaired) electrons. The normalized spacial score (nSPS) is 11.3. The van der Waals surface area contributed by atoms with Crippen molar-refractivity contribution in [3.63, 3.8) is 0 Å². The second-order valence-corrected chi connectivity index (χ2v) is 5.05. The first-order valence-corrected chi connectivity index (χ1v) is 5.70. The van der Waals surface area contributed by atoms with Crippen LogP contribution in [0, 0.1) is 15.9 Å². The molecule has 0 fully saturated rings. The maximum atomic E-state index is 12.9. The minimum absolute atomic E-state index is 0.185. The van der Waals surface area contributed by atoms with E-state index >= 15 is 0 Å². The van der Waals surface area contributed by atoms with Crippen LogP contribution in [-0.4, -0.2) is 19.1 Å². The first-order chi connectivity index (χ1) is 6.88. The van der Waals surface area contributed by atoms with Crippen LogP contribution in [0.1, 0.15) is 6.92 Å². The third-order valence-corrected chi connectivity index (χ3v) is 3.59. The van der Waals surface area contributed by atoms with E-state index in [0.29, 0.717) is 0 Å². The Balaban J connectivity index is 3.38. The topological polar surface area (TPSA) is 77.3 Å². The zero-order valence-corrected chi connectivity index (χ0v) is 8.62. The molecule has 1 aromatic rings. The molecular formula is C8H8FNO4S. The summed E-state index contributed by atoms with van der Waals surface area (Å²) in [7, 11) is -3.54. The monoisotopic (exact) mass is 233 g/mol. The molecule has 1 rings (SSSR count). The Kier molecular flexibility index (Phi) is 3.04. The molecule has 0 amide bonds. The predicted molar refractivity (Wildman–Crippen MR) is 50.8 cm³/mol. The number of rotatable bonds is 3. The molecule has 82 valence electrons. The number of hydrogen-bond donors (Lipinski definition) is 0. The molecule has 0 bridgehead atoms. The summed E-state index contributed by atoms with van der Waals surface area (Å²) in [6.07, 6.45) is 0. The molecule has 0 saturated heterocycles. The number of nitrogens with zero attached hydrogens (tertiary/aromatic N) is 1. The van der Waals surface area contributed by atoms with Gasteiger partial charge in [-0.05, 0) is 12.1 Å². The van der Waals surface area contributed by atoms with Crippen LogP contribution in [0.15, 0.2) is 23.1 Å². The van der Waals surface area contributed by atoms with Gasteiger partial charge in [0.05, 0.1) is 15.6 Å². The fraction of sp³-hybridized carbons (Fsp3) is 0.250. The molecule has 0 N–H and O–H groups in total. The largest absolute Gasteiger partial charge is 0.306 e. The Hall–Kier alpha value is -1.50. The van der Waals surface area contributed by atoms with Crippen molar-refractivity contribution in [2.75, 3.05) is 5.75 Å². The molecule has 0 heterocycles. The Labute approximate surface area is 85.6 Å². The fourth-order valence-corrected chi connectivity index (χ4v) is 1.89. The molecule has 0 aliphatic rings. The molecule has 0 atom stereocenters. The number of nitro benzene ring substituents is 1. The molecular weight excluding hydrogens is 225 g/mol. The SMILES string of the molecule is CCS(=O)(=O)c1ccc(F)c([N+](=O)[O-])c1. The lowest BCUT2D eigenvalue weighted by Crippen LogP contribution is -2.05. The molecule has 7 heteroatoms. The zero-order valence-electron chi connectivity index (χ0n) is 7.81. The van der Waals surface area contributed by atoms with Crippen LogP contribution in [0.25, 0.3) is 0 Å². The number of benzene rings is 1. The van der Waals surface area contributed by atoms with E-state index in [4.69, 9.17) is 0 Å². The van der Waals surface area contributed by atoms with Gasteiger partial charge in [-0.1, -0.05) is 6.92 Å². The van der Waals surface area contributed by atoms with E-state index in [1.54, 1.807) is 0 Å². The highest BCUT2D eigenvalue weighted by Gasteiger charge is 2.19. The molecule has 0 unspecified atom stereocenters. The van der Waals surface area contributed by atoms with E-state index < -0.39 is 26.3 Å². The highest BCUT2D eigenvalue weighted by molar-refractivity contribution is 7.91. The van der Waals surface area contributed by atoms with Gasteiger partial charge in [0, 0.05) is 6.07 Å². The number of nitro groups is 1. The minimum Gasteiger partial charge on any atom is -0.258 e. The van der Waals surface area contributed by atoms with Crippen LogP contribution in [0.5, 0.6) is 0 Å². The molecule has 5 nitrogen and oxygen atoms in total. The van der Waals surface area contributed by atoms with Gasteiger partial charge >= 0.3 is 5.69 Å². The second-order valence-electron chi connectivity index (χ2n) is 2.77. The van der Waals surface area contributed by atoms with Crippen molar-refractivity contribution in [2.45, 2.75) is 11.8 Å². The van der Waals surface area contributed by atoms with Gasteiger partial charge in [0.15, 0.2) is 9.84 Å². The van der Waals surface area contributed by atoms with Gasteiger partial charge in [-0.15, -0.1) is 0 Å². The maximum Gasteiger partial charge on any atom is 0.306 e. The summed E-state index contributed by atoms with van der Waals surface area (Å²) in [5, 5.41) is 10.4. The first-order valence-electron chi connectivity index (χ1n) is 4.05. The van der Waals surface area contributed by atoms with E-state index in [9.17, 15) is 22.9 Å². The zero-order chi connectivity index (χ0) is 11.6. The van der Waals surface area contributed by atoms with Crippen molar-refractivity contribution in [1.29, 1.82) is 0 Å². The van der Waals surface area contributed by atoms with E-state index in [0.717, 1.165) is 18.2 Å². The maximum absolute atomic E-state index is 12.9. The summed E-state index contributed by atoms with van der Waals surface area (Å²) in [5.74, 6) is -1.23. The van der Waals surface area contributed by atoms with Gasteiger partial charge < -0.3 is 0 Å². The van der Waals surface area contributed by atoms with Gasteiger partial charge in [-0.25, -0.2) is 8.42 Å². The number of halogens is 1. The van der Waals surface area contributed by atoms with Crippen LogP contribution in [0.4, 0.5) is 10.1 Å². The van der Waals surface area contributed by atoms with Gasteiger partial charge in [-0.2, -0.15) is 4.39 Å². The quantitative estimate of drug-likeness (QED) is 0.450. The fourth-order valence-electron chi connectivity index (χ4n) is 0.993. The Morgan fingerprint density at radius 2 is 2.07 bits per heavy atom. The average Bonchev–Trinajstić information content (AvgIpc) is 2.17. The Bertz CT molecular complexity index is 497. The van der Waals surface area contributed by atoms with E-state index in [2.05, 4.69) is 0 Å². The number of hydrogen-bond acceptors (Lipinski definition) is 4. The molecule has 1 aromatic carbocycles. The molecule has 0 aliphatic heterocycles. The predicted octanol–water partition coefficient (Wildman–Crippen LogP) is 1.53. The van der Waals surface area contributed by atoms with Crippen LogP contribution in [0.2, 0.25) is 0 Å². The third kappa shape index (κ3) is 2.30. The van der Waals surface area contributed by atoms with Crippen molar-refractivity contribution in [2.24, 2.45) is 0 Å². The van der Waals surface area contributed by atoms with E-state index in [1.807, 2.05) is 0 Å². The summed E-state index contributed by atoms with van der Waals surface area (Å²) < 4.78 is 35.6. The highest BCUT2D eigenvalue weighted by Crippen LogP contribution is 2.21. The average molecular weight is 233 g/mol. The smallest absolute Gasteiger partial charge is 0.258 e. The molecule has 0 spiro atoms. The third-order valence-electron chi connectivity index (χ3n) is 1.85. The summed E-state index contributed by atoms with van der Waals surface area (Å²) in [6, 6.07) is 2.52. The van der Waals surface area contributed by atoms with Gasteiger partial charge in [-0.3, -0.25) is 10.1 Å². The summed E-state index contributed by atoms with van der Waals surface area (Å²) in [6.45, 7) is 1.41. The van der Waals surface area contributed by atoms with Gasteiger partial charge in [0.2, 0.25) is 5.82 Å². The van der Waals surface area contributed by atoms with Crippen molar-refractivity contribution < 1.29 is 17.7 Å². The molecule has 0 saturated carbocycles. The lowest BCUT2D eigenvalue weighted by molar-refractivity contribution is -0.387. The Morgan fingerprint density at radius 3 is 2.53 bits per heavy atom. The van der Waals surface area contributed by atoms with Crippen LogP contribution < -0.4 is 0 Å². The highest BCUT2D eigenvalue weighted by atomic mass is 32.2. The van der Waals surface area contributed by atoms with Crippen molar-refractivity contribution >= 4 is 15.5 Å². The van der Waals surface area contributed by atoms with Crippen LogP contribution in [0.3, 0.4) is 0 Å². The lowest BCUT2D eigenvalue weighted by atomic mass is 10.3. The van der Waals surface area contributed by atoms with Crippen LogP contribution >= 0.6 is 0 Å². The van der Waals surface area contributed by atoms with Crippen molar-refractivity contribution in [1.82, 2.24) is 0 Å². The summed E-state index contributed by atoms with van der Waals surface area (Å²) in [4.78, 5) is 9.17. The second kappa shape index (κ2) is 3.93. The Morgan fingerprint density at radius 1 is 1.47 bits per heavy atom. The first kappa shape index (κ1) is 11.6. The van der Waals surface area contributed by atoms with Crippen molar-refractivity contribution in [3.8, 4) is 0 Å². The summed E-state index contributed by atoms with van der Waals surface area (Å²) in [5.41, 5.74) is -0.829. The molecule has 15 heavy (non-hydrogen) atoms. The minimum atomic E-state index is -3.54. The van der Waals surface area contributed by atoms with Crippen molar-refractivity contribution in [3.05, 3.63) is 34.1 Å². The van der Waals surface area contributed by atoms with Crippen LogP contribution in [-0.2, 0) is 9.84 Å². The molecule has 0 aromatic heterocycles. The van der Waals surface area contributed by atoms with E-state index in [-0.39, 0.29) is 10.6 Å². The lowest BCUT2D eigenvalue weighted by Gasteiger charge is -2.01. The van der Waals surface area contributed by atoms with Gasteiger partial charge in [0.1, 0.15) is 0 Å². The van der Waals surface area contributed by atoms with Gasteiger partial charge in [0.25, 0.3) is 0 Å². The van der Waals surface area contributed by atoms with E-state index in [1.165, 1.54) is 6.92 Å². The number of sulfone groups is 1. The molecule has 0 aliphatic carbocycles.